The normalized spacial score (nSPS) is 17.8. The van der Waals surface area contributed by atoms with Gasteiger partial charge in [0.25, 0.3) is 0 Å². The van der Waals surface area contributed by atoms with Crippen molar-refractivity contribution in [3.8, 4) is 0 Å². The minimum atomic E-state index is 0.501. The molecule has 0 aromatic carbocycles. The highest BCUT2D eigenvalue weighted by Crippen LogP contribution is 2.09. The average molecular weight is 200 g/mol. The van der Waals surface area contributed by atoms with E-state index in [9.17, 15) is 0 Å². The smallest absolute Gasteiger partial charge is 0.114 e. The lowest BCUT2D eigenvalue weighted by Gasteiger charge is -2.28. The lowest BCUT2D eigenvalue weighted by atomic mass is 10.2. The summed E-state index contributed by atoms with van der Waals surface area (Å²) in [7, 11) is 0. The fourth-order valence-electron chi connectivity index (χ4n) is 1.68. The fraction of sp³-hybridized carbons (Fsp3) is 0.667. The van der Waals surface area contributed by atoms with Crippen molar-refractivity contribution in [2.75, 3.05) is 18.1 Å². The standard InChI is InChI=1S/C9H14ClN3/c10-6-9-7-13(8-11-9)12-4-2-1-3-5-12/h7-8H,1-6H2. The first-order valence-corrected chi connectivity index (χ1v) is 5.27. The molecule has 1 saturated heterocycles. The zero-order chi connectivity index (χ0) is 9.10. The number of hydrogen-bond acceptors (Lipinski definition) is 2. The molecule has 0 aliphatic carbocycles. The van der Waals surface area contributed by atoms with Crippen molar-refractivity contribution in [3.63, 3.8) is 0 Å². The maximum atomic E-state index is 5.68. The van der Waals surface area contributed by atoms with Gasteiger partial charge < -0.3 is 5.01 Å². The molecule has 3 nitrogen and oxygen atoms in total. The Bertz CT molecular complexity index is 266. The lowest BCUT2D eigenvalue weighted by Crippen LogP contribution is -2.38. The first-order valence-electron chi connectivity index (χ1n) is 4.74. The van der Waals surface area contributed by atoms with Gasteiger partial charge in [-0.05, 0) is 19.3 Å². The molecule has 1 aliphatic heterocycles. The Morgan fingerprint density at radius 2 is 2.08 bits per heavy atom. The second kappa shape index (κ2) is 4.01. The van der Waals surface area contributed by atoms with Crippen LogP contribution >= 0.6 is 11.6 Å². The van der Waals surface area contributed by atoms with Gasteiger partial charge in [0.2, 0.25) is 0 Å². The predicted octanol–water partition coefficient (Wildman–Crippen LogP) is 1.74. The molecule has 0 unspecified atom stereocenters. The number of halogens is 1. The van der Waals surface area contributed by atoms with Crippen LogP contribution < -0.4 is 5.01 Å². The molecule has 0 bridgehead atoms. The molecule has 0 radical (unpaired) electrons. The summed E-state index contributed by atoms with van der Waals surface area (Å²) in [5, 5.41) is 2.31. The summed E-state index contributed by atoms with van der Waals surface area (Å²) in [6.45, 7) is 2.27. The monoisotopic (exact) mass is 199 g/mol. The zero-order valence-corrected chi connectivity index (χ0v) is 8.37. The molecule has 72 valence electrons. The molecule has 1 aliphatic rings. The van der Waals surface area contributed by atoms with Gasteiger partial charge in [-0.1, -0.05) is 0 Å². The Morgan fingerprint density at radius 3 is 2.69 bits per heavy atom. The number of imidazole rings is 1. The molecule has 0 spiro atoms. The summed E-state index contributed by atoms with van der Waals surface area (Å²) in [5.41, 5.74) is 0.951. The van der Waals surface area contributed by atoms with Crippen molar-refractivity contribution >= 4 is 11.6 Å². The van der Waals surface area contributed by atoms with E-state index in [-0.39, 0.29) is 0 Å². The fourth-order valence-corrected chi connectivity index (χ4v) is 1.82. The summed E-state index contributed by atoms with van der Waals surface area (Å²) in [6, 6.07) is 0. The van der Waals surface area contributed by atoms with Gasteiger partial charge in [-0.15, -0.1) is 11.6 Å². The van der Waals surface area contributed by atoms with E-state index in [0.29, 0.717) is 5.88 Å². The zero-order valence-electron chi connectivity index (χ0n) is 7.62. The van der Waals surface area contributed by atoms with Gasteiger partial charge in [0, 0.05) is 13.1 Å². The van der Waals surface area contributed by atoms with Crippen molar-refractivity contribution in [1.82, 2.24) is 9.66 Å². The van der Waals surface area contributed by atoms with Gasteiger partial charge in [-0.25, -0.2) is 4.98 Å². The Kier molecular flexibility index (Phi) is 2.74. The molecular formula is C9H14ClN3. The Labute approximate surface area is 83.3 Å². The van der Waals surface area contributed by atoms with Gasteiger partial charge in [0.05, 0.1) is 17.8 Å². The Hall–Kier alpha value is -0.700. The minimum Gasteiger partial charge on any atom is -0.312 e. The first-order chi connectivity index (χ1) is 6.40. The highest BCUT2D eigenvalue weighted by molar-refractivity contribution is 6.16. The van der Waals surface area contributed by atoms with Gasteiger partial charge in [0.1, 0.15) is 6.33 Å². The Morgan fingerprint density at radius 1 is 1.31 bits per heavy atom. The largest absolute Gasteiger partial charge is 0.312 e. The van der Waals surface area contributed by atoms with Crippen LogP contribution in [0.4, 0.5) is 0 Å². The van der Waals surface area contributed by atoms with Crippen LogP contribution in [0.25, 0.3) is 0 Å². The predicted molar refractivity (Wildman–Crippen MR) is 53.6 cm³/mol. The molecule has 0 amide bonds. The molecule has 1 aromatic heterocycles. The van der Waals surface area contributed by atoms with Crippen LogP contribution in [0, 0.1) is 0 Å². The molecule has 0 saturated carbocycles. The molecular weight excluding hydrogens is 186 g/mol. The average Bonchev–Trinajstić information content (AvgIpc) is 2.67. The van der Waals surface area contributed by atoms with E-state index in [1.165, 1.54) is 19.3 Å². The Balaban J connectivity index is 2.05. The summed E-state index contributed by atoms with van der Waals surface area (Å²) < 4.78 is 2.07. The van der Waals surface area contributed by atoms with E-state index in [1.807, 2.05) is 12.5 Å². The number of hydrogen-bond donors (Lipinski definition) is 0. The van der Waals surface area contributed by atoms with Crippen molar-refractivity contribution < 1.29 is 0 Å². The third-order valence-corrected chi connectivity index (χ3v) is 2.69. The van der Waals surface area contributed by atoms with Crippen LogP contribution in [0.3, 0.4) is 0 Å². The highest BCUT2D eigenvalue weighted by atomic mass is 35.5. The van der Waals surface area contributed by atoms with E-state index in [2.05, 4.69) is 14.7 Å². The quantitative estimate of drug-likeness (QED) is 0.677. The van der Waals surface area contributed by atoms with E-state index in [1.54, 1.807) is 0 Å². The van der Waals surface area contributed by atoms with Crippen LogP contribution in [0.5, 0.6) is 0 Å². The summed E-state index contributed by atoms with van der Waals surface area (Å²) in [4.78, 5) is 4.20. The van der Waals surface area contributed by atoms with E-state index in [4.69, 9.17) is 11.6 Å². The van der Waals surface area contributed by atoms with Crippen LogP contribution in [-0.4, -0.2) is 22.7 Å². The number of aromatic nitrogens is 2. The first kappa shape index (κ1) is 8.88. The van der Waals surface area contributed by atoms with Crippen LogP contribution in [0.15, 0.2) is 12.5 Å². The summed E-state index contributed by atoms with van der Waals surface area (Å²) in [6.07, 6.45) is 7.79. The van der Waals surface area contributed by atoms with Crippen molar-refractivity contribution in [2.24, 2.45) is 0 Å². The third-order valence-electron chi connectivity index (χ3n) is 2.42. The third kappa shape index (κ3) is 1.97. The molecule has 4 heteroatoms. The summed E-state index contributed by atoms with van der Waals surface area (Å²) in [5.74, 6) is 0.501. The summed E-state index contributed by atoms with van der Waals surface area (Å²) >= 11 is 5.68. The number of nitrogens with zero attached hydrogens (tertiary/aromatic N) is 3. The van der Waals surface area contributed by atoms with Crippen LogP contribution in [0.1, 0.15) is 25.0 Å². The lowest BCUT2D eigenvalue weighted by molar-refractivity contribution is 0.478. The van der Waals surface area contributed by atoms with Crippen LogP contribution in [0.2, 0.25) is 0 Å². The number of piperidine rings is 1. The molecule has 13 heavy (non-hydrogen) atoms. The van der Waals surface area contributed by atoms with Crippen LogP contribution in [-0.2, 0) is 5.88 Å². The minimum absolute atomic E-state index is 0.501. The molecule has 1 aromatic rings. The van der Waals surface area contributed by atoms with Crippen molar-refractivity contribution in [1.29, 1.82) is 0 Å². The second-order valence-electron chi connectivity index (χ2n) is 3.39. The maximum absolute atomic E-state index is 5.68. The van der Waals surface area contributed by atoms with Crippen molar-refractivity contribution in [2.45, 2.75) is 25.1 Å². The molecule has 2 rings (SSSR count). The number of rotatable bonds is 2. The van der Waals surface area contributed by atoms with Crippen molar-refractivity contribution in [3.05, 3.63) is 18.2 Å². The van der Waals surface area contributed by atoms with E-state index >= 15 is 0 Å². The molecule has 1 fully saturated rings. The number of alkyl halides is 1. The maximum Gasteiger partial charge on any atom is 0.114 e. The molecule has 0 atom stereocenters. The topological polar surface area (TPSA) is 21.1 Å². The van der Waals surface area contributed by atoms with Gasteiger partial charge in [0.15, 0.2) is 0 Å². The van der Waals surface area contributed by atoms with E-state index in [0.717, 1.165) is 18.8 Å². The SMILES string of the molecule is ClCc1cn(N2CCCCC2)cn1. The second-order valence-corrected chi connectivity index (χ2v) is 3.66. The molecule has 2 heterocycles. The van der Waals surface area contributed by atoms with Gasteiger partial charge in [-0.2, -0.15) is 0 Å². The highest BCUT2D eigenvalue weighted by Gasteiger charge is 2.10. The van der Waals surface area contributed by atoms with E-state index < -0.39 is 0 Å². The molecule has 0 N–H and O–H groups in total. The van der Waals surface area contributed by atoms with Gasteiger partial charge in [-0.3, -0.25) is 4.68 Å². The van der Waals surface area contributed by atoms with Gasteiger partial charge >= 0.3 is 0 Å².